The lowest BCUT2D eigenvalue weighted by Crippen LogP contribution is -2.63. The summed E-state index contributed by atoms with van der Waals surface area (Å²) in [5.41, 5.74) is 0. The monoisotopic (exact) mass is 1230 g/mol. The second-order valence-corrected chi connectivity index (χ2v) is 26.7. The Labute approximate surface area is 525 Å². The van der Waals surface area contributed by atoms with Gasteiger partial charge in [0.05, 0.1) is 24.7 Å². The van der Waals surface area contributed by atoms with E-state index in [2.05, 4.69) is 10.6 Å². The summed E-state index contributed by atoms with van der Waals surface area (Å²) in [4.78, 5) is 169. The second kappa shape index (κ2) is 38.0. The van der Waals surface area contributed by atoms with Crippen molar-refractivity contribution in [3.63, 3.8) is 0 Å². The molecule has 9 amide bonds. The first-order chi connectivity index (χ1) is 39.2. The van der Waals surface area contributed by atoms with Gasteiger partial charge in [-0.15, -0.1) is 0 Å². The third kappa shape index (κ3) is 23.6. The molecule has 502 valence electrons. The molecule has 0 aromatic carbocycles. The maximum Gasteiger partial charge on any atom is 0.246 e. The van der Waals surface area contributed by atoms with E-state index in [4.69, 9.17) is 0 Å². The first-order valence-electron chi connectivity index (χ1n) is 31.0. The van der Waals surface area contributed by atoms with E-state index in [0.717, 1.165) is 9.80 Å². The van der Waals surface area contributed by atoms with E-state index in [-0.39, 0.29) is 89.4 Å². The molecule has 0 saturated carbocycles. The molecule has 3 N–H and O–H groups in total. The maximum absolute atomic E-state index is 15.1. The third-order valence-corrected chi connectivity index (χ3v) is 16.7. The third-order valence-electron chi connectivity index (χ3n) is 16.7. The Morgan fingerprint density at radius 2 is 0.908 bits per heavy atom. The Morgan fingerprint density at radius 1 is 0.494 bits per heavy atom. The van der Waals surface area contributed by atoms with Crippen molar-refractivity contribution < 1.29 is 57.8 Å². The summed E-state index contributed by atoms with van der Waals surface area (Å²) < 4.78 is 0. The fourth-order valence-corrected chi connectivity index (χ4v) is 11.2. The number of aliphatic hydroxyl groups excluding tert-OH is 1. The smallest absolute Gasteiger partial charge is 0.246 e. The molecule has 1 rings (SSSR count). The van der Waals surface area contributed by atoms with Crippen LogP contribution in [0.15, 0.2) is 12.2 Å². The van der Waals surface area contributed by atoms with E-state index >= 15 is 9.59 Å². The van der Waals surface area contributed by atoms with Gasteiger partial charge in [0.15, 0.2) is 11.6 Å². The maximum atomic E-state index is 15.1. The molecular formula is C66H121N9O12. The number of Topliss-reactive ketones (excluding diaryl/α,β-unsaturated/α-hetero) is 2. The summed E-state index contributed by atoms with van der Waals surface area (Å²) in [5.74, 6) is -10.3. The molecule has 12 atom stereocenters. The highest BCUT2D eigenvalue weighted by molar-refractivity contribution is 5.99. The van der Waals surface area contributed by atoms with Gasteiger partial charge in [0.25, 0.3) is 0 Å². The summed E-state index contributed by atoms with van der Waals surface area (Å²) in [6.45, 7) is 29.9. The van der Waals surface area contributed by atoms with Crippen molar-refractivity contribution in [3.8, 4) is 0 Å². The van der Waals surface area contributed by atoms with Crippen molar-refractivity contribution >= 4 is 64.7 Å². The molecule has 1 heterocycles. The lowest BCUT2D eigenvalue weighted by molar-refractivity contribution is -0.157. The molecule has 21 nitrogen and oxygen atoms in total. The van der Waals surface area contributed by atoms with Gasteiger partial charge >= 0.3 is 0 Å². The fraction of sp³-hybridized carbons (Fsp3) is 0.803. The lowest BCUT2D eigenvalue weighted by atomic mass is 9.84. The molecule has 1 saturated heterocycles. The van der Waals surface area contributed by atoms with Crippen molar-refractivity contribution in [2.75, 3.05) is 55.9 Å². The Kier molecular flexibility index (Phi) is 36.4. The van der Waals surface area contributed by atoms with Gasteiger partial charge in [-0.25, -0.2) is 0 Å². The Hall–Kier alpha value is -5.73. The highest BCUT2D eigenvalue weighted by Gasteiger charge is 2.46. The molecule has 0 bridgehead atoms. The van der Waals surface area contributed by atoms with E-state index in [1.807, 2.05) is 61.5 Å². The predicted octanol–water partition coefficient (Wildman–Crippen LogP) is 6.72. The van der Waals surface area contributed by atoms with Crippen molar-refractivity contribution in [2.24, 2.45) is 53.3 Å². The quantitative estimate of drug-likeness (QED) is 0.145. The molecule has 0 aliphatic carbocycles. The van der Waals surface area contributed by atoms with Crippen LogP contribution in [-0.2, 0) is 52.7 Å². The summed E-state index contributed by atoms with van der Waals surface area (Å²) in [6, 6.07) is -9.52. The fourth-order valence-electron chi connectivity index (χ4n) is 11.2. The van der Waals surface area contributed by atoms with Crippen LogP contribution >= 0.6 is 0 Å². The van der Waals surface area contributed by atoms with E-state index in [1.165, 1.54) is 80.8 Å². The Morgan fingerprint density at radius 3 is 1.34 bits per heavy atom. The number of amides is 9. The van der Waals surface area contributed by atoms with Crippen LogP contribution in [0.25, 0.3) is 0 Å². The highest BCUT2D eigenvalue weighted by Crippen LogP contribution is 2.28. The summed E-state index contributed by atoms with van der Waals surface area (Å²) in [7, 11) is 10.1. The number of hydrogen-bond acceptors (Lipinski definition) is 12. The van der Waals surface area contributed by atoms with Gasteiger partial charge in [0, 0.05) is 74.0 Å². The zero-order chi connectivity index (χ0) is 66.0. The Bertz CT molecular complexity index is 2320. The predicted molar refractivity (Wildman–Crippen MR) is 344 cm³/mol. The molecule has 21 heteroatoms. The van der Waals surface area contributed by atoms with Gasteiger partial charge in [-0.3, -0.25) is 52.7 Å². The van der Waals surface area contributed by atoms with E-state index in [0.29, 0.717) is 6.42 Å². The average Bonchev–Trinajstić information content (AvgIpc) is 1.47. The van der Waals surface area contributed by atoms with Crippen molar-refractivity contribution in [1.82, 2.24) is 44.9 Å². The molecule has 0 aromatic heterocycles. The highest BCUT2D eigenvalue weighted by atomic mass is 16.3. The van der Waals surface area contributed by atoms with Gasteiger partial charge < -0.3 is 50.0 Å². The zero-order valence-corrected chi connectivity index (χ0v) is 56.5. The number of carbonyl (C=O) groups is 11. The largest absolute Gasteiger partial charge is 0.390 e. The van der Waals surface area contributed by atoms with Crippen LogP contribution in [-0.4, -0.2) is 214 Å². The number of aliphatic hydroxyl groups is 1. The van der Waals surface area contributed by atoms with E-state index in [1.54, 1.807) is 61.5 Å². The molecular weight excluding hydrogens is 1110 g/mol. The molecule has 1 aliphatic rings. The first kappa shape index (κ1) is 83.3. The van der Waals surface area contributed by atoms with Crippen LogP contribution in [0.4, 0.5) is 0 Å². The molecule has 1 fully saturated rings. The van der Waals surface area contributed by atoms with Gasteiger partial charge in [-0.05, 0) is 93.8 Å². The normalized spacial score (nSPS) is 26.5. The second-order valence-electron chi connectivity index (χ2n) is 26.7. The molecule has 1 aliphatic heterocycles. The minimum Gasteiger partial charge on any atom is -0.390 e. The molecule has 1 unspecified atom stereocenters. The van der Waals surface area contributed by atoms with Crippen LogP contribution in [0.1, 0.15) is 184 Å². The average molecular weight is 1230 g/mol. The van der Waals surface area contributed by atoms with E-state index in [9.17, 15) is 48.3 Å². The first-order valence-corrected chi connectivity index (χ1v) is 31.0. The molecule has 87 heavy (non-hydrogen) atoms. The van der Waals surface area contributed by atoms with Crippen LogP contribution in [0.2, 0.25) is 0 Å². The number of likely N-dealkylation sites (N-methyl/N-ethyl adjacent to an activating group) is 7. The van der Waals surface area contributed by atoms with Gasteiger partial charge in [0.1, 0.15) is 36.3 Å². The van der Waals surface area contributed by atoms with Crippen molar-refractivity contribution in [1.29, 1.82) is 0 Å². The SMILES string of the molecule is C.C.C/C=C/C[C@@H](C)[C@@H](O)C1C(=O)N[C@@H](CC)C(=O)N(C)CC(=O)N(C)[C@@H](CC(C)C)C(=O)C[C@@H](C(C)C)C(=O)N(C)[C@@H](CC(C)C)C(=O)C[C@@H](C)C(=O)N[C@H](C)C(=O)N(C)[C@@H](CC(C)C)C(=O)N(C)[C@@H](CC(C)C)C(=O)N(C)[C@@H](C(C)C)C(=O)N1C. The topological polar surface area (TPSA) is 255 Å². The number of allylic oxidation sites excluding steroid dienone is 2. The Balaban J connectivity index is 0. The zero-order valence-electron chi connectivity index (χ0n) is 56.5. The van der Waals surface area contributed by atoms with Crippen molar-refractivity contribution in [3.05, 3.63) is 12.2 Å². The number of hydrogen-bond donors (Lipinski definition) is 3. The van der Waals surface area contributed by atoms with Crippen LogP contribution in [0.3, 0.4) is 0 Å². The van der Waals surface area contributed by atoms with Gasteiger partial charge in [-0.1, -0.05) is 131 Å². The van der Waals surface area contributed by atoms with E-state index < -0.39 is 149 Å². The van der Waals surface area contributed by atoms with Crippen LogP contribution in [0.5, 0.6) is 0 Å². The number of rotatable bonds is 15. The summed E-state index contributed by atoms with van der Waals surface area (Å²) >= 11 is 0. The number of nitrogens with zero attached hydrogens (tertiary/aromatic N) is 7. The number of carbonyl (C=O) groups excluding carboxylic acids is 11. The molecule has 0 aromatic rings. The minimum absolute atomic E-state index is 0. The minimum atomic E-state index is -1.60. The van der Waals surface area contributed by atoms with Crippen molar-refractivity contribution in [2.45, 2.75) is 238 Å². The standard InChI is InChI=1S/C64H113N9O12.2CH4/c1-25-27-28-42(15)56(77)55-58(79)66-46(26-2)61(82)67(18)35-53(76)68(19)47(29-36(3)4)52(75)34-45(40(11)12)60(81)69(20)48(30-37(5)6)51(74)33-43(16)57(78)65-44(17)59(80)70(21)49(31-38(7)8)62(83)71(22)50(32-39(9)10)63(84)72(23)54(41(13)14)64(85)73(55)24;;/h25,27,36-50,54-56,77H,26,28-35H2,1-24H3,(H,65,78)(H,66,79);2*1H4/b27-25+;;/t42-,43-,44-,45+,46+,47+,48+,49+,50+,54+,55?,56-;;/m1../s1. The van der Waals surface area contributed by atoms with Crippen LogP contribution in [0, 0.1) is 53.3 Å². The summed E-state index contributed by atoms with van der Waals surface area (Å²) in [5, 5.41) is 17.6. The summed E-state index contributed by atoms with van der Waals surface area (Å²) in [6.07, 6.45) is 2.72. The number of nitrogens with one attached hydrogen (secondary N) is 2. The van der Waals surface area contributed by atoms with Crippen LogP contribution < -0.4 is 10.6 Å². The molecule has 0 radical (unpaired) electrons. The molecule has 0 spiro atoms. The number of ketones is 2. The lowest BCUT2D eigenvalue weighted by Gasteiger charge is -2.41. The van der Waals surface area contributed by atoms with Gasteiger partial charge in [-0.2, -0.15) is 0 Å². The van der Waals surface area contributed by atoms with Gasteiger partial charge in [0.2, 0.25) is 53.2 Å².